The number of nitrogens with one attached hydrogen (secondary N) is 2. The van der Waals surface area contributed by atoms with Crippen LogP contribution in [0.1, 0.15) is 52.5 Å². The van der Waals surface area contributed by atoms with E-state index in [1.807, 2.05) is 13.8 Å². The van der Waals surface area contributed by atoms with Crippen LogP contribution in [0, 0.1) is 17.6 Å². The Morgan fingerprint density at radius 1 is 1.07 bits per heavy atom. The Kier molecular flexibility index (Phi) is 9.35. The van der Waals surface area contributed by atoms with Gasteiger partial charge in [0.05, 0.1) is 12.1 Å². The Balaban J connectivity index is 2.69. The van der Waals surface area contributed by atoms with Gasteiger partial charge in [-0.3, -0.25) is 9.59 Å². The number of benzene rings is 1. The van der Waals surface area contributed by atoms with Gasteiger partial charge in [0.25, 0.3) is 0 Å². The predicted octanol–water partition coefficient (Wildman–Crippen LogP) is 2.70. The van der Waals surface area contributed by atoms with Crippen LogP contribution in [0.2, 0.25) is 0 Å². The highest BCUT2D eigenvalue weighted by Gasteiger charge is 2.24. The minimum absolute atomic E-state index is 0.0729. The van der Waals surface area contributed by atoms with Gasteiger partial charge in [-0.05, 0) is 49.8 Å². The van der Waals surface area contributed by atoms with Gasteiger partial charge < -0.3 is 15.7 Å². The molecular formula is C20H30F2N2O3. The Morgan fingerprint density at radius 3 is 2.19 bits per heavy atom. The van der Waals surface area contributed by atoms with Crippen LogP contribution in [0.15, 0.2) is 18.2 Å². The van der Waals surface area contributed by atoms with E-state index in [-0.39, 0.29) is 30.7 Å². The molecule has 1 aromatic carbocycles. The number of rotatable bonds is 10. The number of carbonyl (C=O) groups is 2. The number of hydrogen-bond donors (Lipinski definition) is 3. The molecule has 0 aromatic heterocycles. The van der Waals surface area contributed by atoms with Crippen molar-refractivity contribution in [1.29, 1.82) is 0 Å². The van der Waals surface area contributed by atoms with Crippen LogP contribution < -0.4 is 10.6 Å². The van der Waals surface area contributed by atoms with E-state index in [1.54, 1.807) is 6.92 Å². The summed E-state index contributed by atoms with van der Waals surface area (Å²) < 4.78 is 26.8. The van der Waals surface area contributed by atoms with Gasteiger partial charge in [0, 0.05) is 25.5 Å². The molecule has 7 heteroatoms. The van der Waals surface area contributed by atoms with Gasteiger partial charge in [0.15, 0.2) is 0 Å². The van der Waals surface area contributed by atoms with Crippen LogP contribution in [0.5, 0.6) is 0 Å². The number of halogens is 2. The van der Waals surface area contributed by atoms with Gasteiger partial charge in [0.1, 0.15) is 11.6 Å². The summed E-state index contributed by atoms with van der Waals surface area (Å²) in [6.45, 7) is 7.15. The lowest BCUT2D eigenvalue weighted by molar-refractivity contribution is -0.123. The number of aliphatic hydroxyl groups is 1. The molecule has 0 aliphatic rings. The summed E-state index contributed by atoms with van der Waals surface area (Å²) in [7, 11) is 0. The van der Waals surface area contributed by atoms with Crippen LogP contribution in [0.4, 0.5) is 8.78 Å². The molecule has 152 valence electrons. The molecule has 0 bridgehead atoms. The van der Waals surface area contributed by atoms with E-state index >= 15 is 0 Å². The van der Waals surface area contributed by atoms with Crippen molar-refractivity contribution in [3.63, 3.8) is 0 Å². The van der Waals surface area contributed by atoms with E-state index in [9.17, 15) is 23.5 Å². The van der Waals surface area contributed by atoms with Crippen molar-refractivity contribution in [2.75, 3.05) is 0 Å². The molecule has 0 heterocycles. The number of carbonyl (C=O) groups excluding carboxylic acids is 2. The number of amides is 2. The van der Waals surface area contributed by atoms with Gasteiger partial charge in [0.2, 0.25) is 11.8 Å². The molecule has 3 N–H and O–H groups in total. The Bertz CT molecular complexity index is 617. The molecule has 0 spiro atoms. The van der Waals surface area contributed by atoms with E-state index in [1.165, 1.54) is 19.1 Å². The van der Waals surface area contributed by atoms with Crippen LogP contribution in [-0.2, 0) is 16.0 Å². The third-order valence-electron chi connectivity index (χ3n) is 4.18. The third kappa shape index (κ3) is 9.47. The normalized spacial score (nSPS) is 14.5. The van der Waals surface area contributed by atoms with Crippen molar-refractivity contribution in [2.24, 2.45) is 5.92 Å². The number of hydrogen-bond acceptors (Lipinski definition) is 3. The molecular weight excluding hydrogens is 354 g/mol. The molecule has 2 amide bonds. The largest absolute Gasteiger partial charge is 0.391 e. The van der Waals surface area contributed by atoms with Crippen LogP contribution in [0.25, 0.3) is 0 Å². The van der Waals surface area contributed by atoms with E-state index < -0.39 is 23.8 Å². The summed E-state index contributed by atoms with van der Waals surface area (Å²) in [6, 6.07) is 2.07. The van der Waals surface area contributed by atoms with Crippen molar-refractivity contribution >= 4 is 11.8 Å². The highest BCUT2D eigenvalue weighted by atomic mass is 19.1. The van der Waals surface area contributed by atoms with E-state index in [0.29, 0.717) is 17.9 Å². The van der Waals surface area contributed by atoms with Crippen molar-refractivity contribution in [3.8, 4) is 0 Å². The van der Waals surface area contributed by atoms with Crippen LogP contribution in [0.3, 0.4) is 0 Å². The maximum absolute atomic E-state index is 13.4. The van der Waals surface area contributed by atoms with Crippen molar-refractivity contribution in [3.05, 3.63) is 35.4 Å². The summed E-state index contributed by atoms with van der Waals surface area (Å²) in [5.41, 5.74) is 0.332. The summed E-state index contributed by atoms with van der Waals surface area (Å²) in [4.78, 5) is 23.4. The molecule has 1 unspecified atom stereocenters. The van der Waals surface area contributed by atoms with Crippen LogP contribution in [-0.4, -0.2) is 35.1 Å². The molecule has 1 aromatic rings. The third-order valence-corrected chi connectivity index (χ3v) is 4.18. The highest BCUT2D eigenvalue weighted by Crippen LogP contribution is 2.14. The zero-order chi connectivity index (χ0) is 20.6. The summed E-state index contributed by atoms with van der Waals surface area (Å²) in [6.07, 6.45) is 0.483. The second-order valence-corrected chi connectivity index (χ2v) is 7.49. The van der Waals surface area contributed by atoms with Gasteiger partial charge in [-0.15, -0.1) is 0 Å². The van der Waals surface area contributed by atoms with Gasteiger partial charge in [-0.1, -0.05) is 13.8 Å². The van der Waals surface area contributed by atoms with E-state index in [0.717, 1.165) is 12.5 Å². The van der Waals surface area contributed by atoms with Crippen molar-refractivity contribution in [1.82, 2.24) is 10.6 Å². The molecule has 0 fully saturated rings. The summed E-state index contributed by atoms with van der Waals surface area (Å²) >= 11 is 0. The Hall–Kier alpha value is -2.02. The molecule has 5 nitrogen and oxygen atoms in total. The standard InChI is InChI=1S/C20H30F2N2O3/c1-12(2)5-6-20(27)23-13(3)7-19(26)18(24-14(4)25)10-15-8-16(21)11-17(22)9-15/h8-9,11-13,18-19,26H,5-7,10H2,1-4H3,(H,23,27)(H,24,25)/t13?,18-,19-/m0/s1. The van der Waals surface area contributed by atoms with Gasteiger partial charge in [-0.25, -0.2) is 8.78 Å². The molecule has 0 saturated heterocycles. The maximum Gasteiger partial charge on any atom is 0.220 e. The molecule has 0 radical (unpaired) electrons. The van der Waals surface area contributed by atoms with Gasteiger partial charge in [-0.2, -0.15) is 0 Å². The second-order valence-electron chi connectivity index (χ2n) is 7.49. The zero-order valence-electron chi connectivity index (χ0n) is 16.4. The average Bonchev–Trinajstić information content (AvgIpc) is 2.50. The molecule has 27 heavy (non-hydrogen) atoms. The molecule has 0 saturated carbocycles. The first kappa shape index (κ1) is 23.0. The highest BCUT2D eigenvalue weighted by molar-refractivity contribution is 5.76. The Morgan fingerprint density at radius 2 is 1.67 bits per heavy atom. The number of aliphatic hydroxyl groups excluding tert-OH is 1. The SMILES string of the molecule is CC(=O)N[C@@H](Cc1cc(F)cc(F)c1)[C@@H](O)CC(C)NC(=O)CCC(C)C. The summed E-state index contributed by atoms with van der Waals surface area (Å²) in [5.74, 6) is -1.46. The van der Waals surface area contributed by atoms with E-state index in [2.05, 4.69) is 10.6 Å². The first-order valence-corrected chi connectivity index (χ1v) is 9.26. The maximum atomic E-state index is 13.4. The topological polar surface area (TPSA) is 78.4 Å². The van der Waals surface area contributed by atoms with E-state index in [4.69, 9.17) is 0 Å². The fourth-order valence-electron chi connectivity index (χ4n) is 2.88. The fourth-order valence-corrected chi connectivity index (χ4v) is 2.88. The fraction of sp³-hybridized carbons (Fsp3) is 0.600. The lowest BCUT2D eigenvalue weighted by Crippen LogP contribution is -2.47. The second kappa shape index (κ2) is 11.0. The first-order chi connectivity index (χ1) is 12.6. The lowest BCUT2D eigenvalue weighted by Gasteiger charge is -2.26. The quantitative estimate of drug-likeness (QED) is 0.580. The molecule has 0 aliphatic heterocycles. The molecule has 1 rings (SSSR count). The lowest BCUT2D eigenvalue weighted by atomic mass is 9.96. The smallest absolute Gasteiger partial charge is 0.220 e. The Labute approximate surface area is 159 Å². The van der Waals surface area contributed by atoms with Crippen molar-refractivity contribution < 1.29 is 23.5 Å². The average molecular weight is 384 g/mol. The van der Waals surface area contributed by atoms with Gasteiger partial charge >= 0.3 is 0 Å². The zero-order valence-corrected chi connectivity index (χ0v) is 16.4. The molecule has 0 aliphatic carbocycles. The minimum Gasteiger partial charge on any atom is -0.391 e. The first-order valence-electron chi connectivity index (χ1n) is 9.26. The van der Waals surface area contributed by atoms with Crippen molar-refractivity contribution in [2.45, 2.75) is 71.6 Å². The minimum atomic E-state index is -0.986. The van der Waals surface area contributed by atoms with Crippen LogP contribution >= 0.6 is 0 Å². The molecule has 3 atom stereocenters. The predicted molar refractivity (Wildman–Crippen MR) is 100.0 cm³/mol. The summed E-state index contributed by atoms with van der Waals surface area (Å²) in [5, 5.41) is 15.9. The monoisotopic (exact) mass is 384 g/mol.